The Morgan fingerprint density at radius 1 is 1.25 bits per heavy atom. The van der Waals surface area contributed by atoms with Crippen molar-refractivity contribution >= 4 is 50.4 Å². The summed E-state index contributed by atoms with van der Waals surface area (Å²) in [6.45, 7) is 6.84. The van der Waals surface area contributed by atoms with Gasteiger partial charge in [0.05, 0.1) is 21.7 Å². The van der Waals surface area contributed by atoms with Crippen LogP contribution >= 0.6 is 15.9 Å². The van der Waals surface area contributed by atoms with E-state index in [-0.39, 0.29) is 11.7 Å². The van der Waals surface area contributed by atoms with Crippen molar-refractivity contribution in [3.8, 4) is 0 Å². The highest BCUT2D eigenvalue weighted by molar-refractivity contribution is 9.10. The summed E-state index contributed by atoms with van der Waals surface area (Å²) in [6, 6.07) is 8.70. The van der Waals surface area contributed by atoms with E-state index < -0.39 is 17.5 Å². The molecule has 1 aromatic carbocycles. The summed E-state index contributed by atoms with van der Waals surface area (Å²) in [5, 5.41) is 5.93. The molecule has 0 spiro atoms. The Balaban J connectivity index is 1.53. The minimum absolute atomic E-state index is 0.0391. The van der Waals surface area contributed by atoms with Gasteiger partial charge in [-0.25, -0.2) is 24.1 Å². The van der Waals surface area contributed by atoms with Gasteiger partial charge in [-0.2, -0.15) is 0 Å². The molecule has 32 heavy (non-hydrogen) atoms. The van der Waals surface area contributed by atoms with Crippen LogP contribution in [0.5, 0.6) is 0 Å². The Labute approximate surface area is 193 Å². The first-order valence-electron chi connectivity index (χ1n) is 10.3. The van der Waals surface area contributed by atoms with E-state index in [1.807, 2.05) is 32.9 Å². The van der Waals surface area contributed by atoms with Crippen LogP contribution in [0.2, 0.25) is 0 Å². The topological polar surface area (TPSA) is 92.3 Å². The molecule has 0 bridgehead atoms. The van der Waals surface area contributed by atoms with Gasteiger partial charge in [-0.3, -0.25) is 0 Å². The first kappa shape index (κ1) is 22.2. The number of alkyl carbamates (subject to hydrolysis) is 1. The fraction of sp³-hybridized carbons (Fsp3) is 0.364. The molecule has 3 heterocycles. The Bertz CT molecular complexity index is 1150. The van der Waals surface area contributed by atoms with Crippen LogP contribution in [0.1, 0.15) is 27.2 Å². The number of halogens is 2. The van der Waals surface area contributed by atoms with Gasteiger partial charge in [0.25, 0.3) is 0 Å². The van der Waals surface area contributed by atoms with Crippen LogP contribution in [0.25, 0.3) is 11.0 Å². The molecule has 0 saturated carbocycles. The third kappa shape index (κ3) is 5.07. The van der Waals surface area contributed by atoms with Crippen molar-refractivity contribution in [3.05, 3.63) is 46.9 Å². The maximum Gasteiger partial charge on any atom is 0.407 e. The predicted octanol–water partition coefficient (Wildman–Crippen LogP) is 4.77. The zero-order valence-corrected chi connectivity index (χ0v) is 19.6. The van der Waals surface area contributed by atoms with Crippen molar-refractivity contribution in [2.24, 2.45) is 0 Å². The molecule has 1 aliphatic rings. The van der Waals surface area contributed by atoms with E-state index in [0.29, 0.717) is 27.9 Å². The summed E-state index contributed by atoms with van der Waals surface area (Å²) in [7, 11) is 0. The average Bonchev–Trinajstić information content (AvgIpc) is 3.18. The van der Waals surface area contributed by atoms with Gasteiger partial charge in [-0.05, 0) is 67.4 Å². The van der Waals surface area contributed by atoms with Crippen LogP contribution in [-0.4, -0.2) is 45.8 Å². The molecule has 1 unspecified atom stereocenters. The van der Waals surface area contributed by atoms with E-state index in [0.717, 1.165) is 18.8 Å². The quantitative estimate of drug-likeness (QED) is 0.530. The SMILES string of the molecule is CC(C)(C)OC(=O)NC1CCN(c2ccc3ncnc(Nc4cccc(Br)c4F)c3n2)C1. The van der Waals surface area contributed by atoms with Gasteiger partial charge < -0.3 is 20.3 Å². The zero-order valence-electron chi connectivity index (χ0n) is 18.0. The maximum atomic E-state index is 14.4. The summed E-state index contributed by atoms with van der Waals surface area (Å²) >= 11 is 3.19. The second-order valence-electron chi connectivity index (χ2n) is 8.56. The van der Waals surface area contributed by atoms with Crippen molar-refractivity contribution in [1.82, 2.24) is 20.3 Å². The molecule has 168 valence electrons. The number of fused-ring (bicyclic) bond motifs is 1. The van der Waals surface area contributed by atoms with E-state index in [1.165, 1.54) is 6.33 Å². The smallest absolute Gasteiger partial charge is 0.407 e. The number of carbonyl (C=O) groups is 1. The lowest BCUT2D eigenvalue weighted by Gasteiger charge is -2.22. The molecule has 8 nitrogen and oxygen atoms in total. The molecule has 0 aliphatic carbocycles. The average molecular weight is 503 g/mol. The van der Waals surface area contributed by atoms with Crippen molar-refractivity contribution in [2.75, 3.05) is 23.3 Å². The third-order valence-corrected chi connectivity index (χ3v) is 5.52. The van der Waals surface area contributed by atoms with Gasteiger partial charge in [0.2, 0.25) is 0 Å². The summed E-state index contributed by atoms with van der Waals surface area (Å²) in [5.41, 5.74) is 0.922. The molecule has 1 amide bonds. The first-order valence-corrected chi connectivity index (χ1v) is 11.1. The number of amides is 1. The number of aromatic nitrogens is 3. The van der Waals surface area contributed by atoms with Crippen LogP contribution in [0.4, 0.5) is 26.5 Å². The minimum atomic E-state index is -0.542. The van der Waals surface area contributed by atoms with Gasteiger partial charge in [-0.15, -0.1) is 0 Å². The highest BCUT2D eigenvalue weighted by Gasteiger charge is 2.27. The predicted molar refractivity (Wildman–Crippen MR) is 125 cm³/mol. The molecule has 1 atom stereocenters. The number of pyridine rings is 1. The second kappa shape index (κ2) is 8.85. The molecule has 1 aliphatic heterocycles. The summed E-state index contributed by atoms with van der Waals surface area (Å²) < 4.78 is 20.1. The van der Waals surface area contributed by atoms with Crippen molar-refractivity contribution < 1.29 is 13.9 Å². The minimum Gasteiger partial charge on any atom is -0.444 e. The Morgan fingerprint density at radius 3 is 2.84 bits per heavy atom. The van der Waals surface area contributed by atoms with Crippen LogP contribution in [0, 0.1) is 5.82 Å². The first-order chi connectivity index (χ1) is 15.2. The van der Waals surface area contributed by atoms with Gasteiger partial charge in [0.1, 0.15) is 23.3 Å². The fourth-order valence-corrected chi connectivity index (χ4v) is 3.85. The monoisotopic (exact) mass is 502 g/mol. The molecule has 2 N–H and O–H groups in total. The Hall–Kier alpha value is -3.01. The molecule has 3 aromatic rings. The number of benzene rings is 1. The Kier molecular flexibility index (Phi) is 6.14. The standard InChI is InChI=1S/C22H24BrFN6O2/c1-22(2,3)32-21(31)27-13-9-10-30(11-13)17-8-7-16-19(29-17)20(26-12-25-16)28-15-6-4-5-14(23)18(15)24/h4-8,12-13H,9-11H2,1-3H3,(H,27,31)(H,25,26,28). The van der Waals surface area contributed by atoms with Crippen LogP contribution in [0.3, 0.4) is 0 Å². The van der Waals surface area contributed by atoms with Crippen molar-refractivity contribution in [1.29, 1.82) is 0 Å². The van der Waals surface area contributed by atoms with E-state index in [1.54, 1.807) is 18.2 Å². The lowest BCUT2D eigenvalue weighted by atomic mass is 10.2. The third-order valence-electron chi connectivity index (χ3n) is 4.90. The second-order valence-corrected chi connectivity index (χ2v) is 9.42. The molecular weight excluding hydrogens is 479 g/mol. The van der Waals surface area contributed by atoms with Gasteiger partial charge in [-0.1, -0.05) is 6.07 Å². The number of nitrogens with one attached hydrogen (secondary N) is 2. The molecule has 10 heteroatoms. The van der Waals surface area contributed by atoms with E-state index in [4.69, 9.17) is 9.72 Å². The molecular formula is C22H24BrFN6O2. The molecule has 1 fully saturated rings. The van der Waals surface area contributed by atoms with Gasteiger partial charge >= 0.3 is 6.09 Å². The number of hydrogen-bond acceptors (Lipinski definition) is 7. The number of ether oxygens (including phenoxy) is 1. The molecule has 0 radical (unpaired) electrons. The molecule has 1 saturated heterocycles. The lowest BCUT2D eigenvalue weighted by Crippen LogP contribution is -2.40. The number of nitrogens with zero attached hydrogens (tertiary/aromatic N) is 4. The normalized spacial score (nSPS) is 16.3. The lowest BCUT2D eigenvalue weighted by molar-refractivity contribution is 0.0509. The number of rotatable bonds is 4. The summed E-state index contributed by atoms with van der Waals surface area (Å²) in [4.78, 5) is 27.4. The number of hydrogen-bond donors (Lipinski definition) is 2. The summed E-state index contributed by atoms with van der Waals surface area (Å²) in [5.74, 6) is 0.737. The van der Waals surface area contributed by atoms with E-state index in [2.05, 4.69) is 41.4 Å². The zero-order chi connectivity index (χ0) is 22.9. The highest BCUT2D eigenvalue weighted by atomic mass is 79.9. The van der Waals surface area contributed by atoms with Crippen LogP contribution in [0.15, 0.2) is 41.1 Å². The van der Waals surface area contributed by atoms with Gasteiger partial charge in [0.15, 0.2) is 11.6 Å². The summed E-state index contributed by atoms with van der Waals surface area (Å²) in [6.07, 6.45) is 1.77. The number of anilines is 3. The van der Waals surface area contributed by atoms with Crippen molar-refractivity contribution in [2.45, 2.75) is 38.8 Å². The van der Waals surface area contributed by atoms with E-state index in [9.17, 15) is 9.18 Å². The maximum absolute atomic E-state index is 14.4. The largest absolute Gasteiger partial charge is 0.444 e. The van der Waals surface area contributed by atoms with Crippen molar-refractivity contribution in [3.63, 3.8) is 0 Å². The molecule has 2 aromatic heterocycles. The number of carbonyl (C=O) groups excluding carboxylic acids is 1. The molecule has 4 rings (SSSR count). The van der Waals surface area contributed by atoms with Gasteiger partial charge in [0, 0.05) is 13.1 Å². The van der Waals surface area contributed by atoms with Crippen LogP contribution < -0.4 is 15.5 Å². The fourth-order valence-electron chi connectivity index (χ4n) is 3.49. The Morgan fingerprint density at radius 2 is 2.06 bits per heavy atom. The van der Waals surface area contributed by atoms with E-state index >= 15 is 0 Å². The highest BCUT2D eigenvalue weighted by Crippen LogP contribution is 2.29. The van der Waals surface area contributed by atoms with Crippen LogP contribution in [-0.2, 0) is 4.74 Å².